The fourth-order valence-corrected chi connectivity index (χ4v) is 3.36. The van der Waals surface area contributed by atoms with E-state index in [1.165, 1.54) is 0 Å². The van der Waals surface area contributed by atoms with Gasteiger partial charge in [-0.15, -0.1) is 0 Å². The fraction of sp³-hybridized carbons (Fsp3) is 0.647. The van der Waals surface area contributed by atoms with Crippen molar-refractivity contribution in [3.63, 3.8) is 0 Å². The Morgan fingerprint density at radius 3 is 2.91 bits per heavy atom. The average Bonchev–Trinajstić information content (AvgIpc) is 2.58. The van der Waals surface area contributed by atoms with Crippen molar-refractivity contribution in [1.82, 2.24) is 15.2 Å². The summed E-state index contributed by atoms with van der Waals surface area (Å²) in [5.74, 6) is 0.828. The van der Waals surface area contributed by atoms with Crippen molar-refractivity contribution in [3.05, 3.63) is 23.9 Å². The summed E-state index contributed by atoms with van der Waals surface area (Å²) in [7, 11) is 2.16. The third kappa shape index (κ3) is 3.64. The number of amides is 1. The van der Waals surface area contributed by atoms with Crippen molar-refractivity contribution in [2.24, 2.45) is 0 Å². The molecule has 0 radical (unpaired) electrons. The number of nitrogens with one attached hydrogen (secondary N) is 1. The number of pyridine rings is 1. The fourth-order valence-electron chi connectivity index (χ4n) is 3.36. The molecule has 2 fully saturated rings. The maximum atomic E-state index is 12.0. The van der Waals surface area contributed by atoms with Gasteiger partial charge < -0.3 is 19.9 Å². The molecule has 0 aliphatic carbocycles. The first-order chi connectivity index (χ1) is 11.1. The molecular weight excluding hydrogens is 292 g/mol. The van der Waals surface area contributed by atoms with Gasteiger partial charge in [-0.2, -0.15) is 0 Å². The van der Waals surface area contributed by atoms with Crippen LogP contribution in [0.25, 0.3) is 0 Å². The topological polar surface area (TPSA) is 57.7 Å². The number of likely N-dealkylation sites (tertiary alicyclic amines) is 1. The maximum absolute atomic E-state index is 12.0. The van der Waals surface area contributed by atoms with Crippen LogP contribution in [0.4, 0.5) is 5.82 Å². The summed E-state index contributed by atoms with van der Waals surface area (Å²) in [6.45, 7) is 7.09. The van der Waals surface area contributed by atoms with Gasteiger partial charge >= 0.3 is 0 Å². The molecule has 6 nitrogen and oxygen atoms in total. The number of ether oxygens (including phenoxy) is 1. The summed E-state index contributed by atoms with van der Waals surface area (Å²) in [6, 6.07) is 3.65. The van der Waals surface area contributed by atoms with Crippen LogP contribution in [0.3, 0.4) is 0 Å². The summed E-state index contributed by atoms with van der Waals surface area (Å²) in [6.07, 6.45) is 3.82. The highest BCUT2D eigenvalue weighted by Gasteiger charge is 2.39. The van der Waals surface area contributed by atoms with Gasteiger partial charge in [0.25, 0.3) is 5.91 Å². The number of aromatic nitrogens is 1. The van der Waals surface area contributed by atoms with Gasteiger partial charge in [0.2, 0.25) is 0 Å². The number of hydrogen-bond acceptors (Lipinski definition) is 5. The second-order valence-electron chi connectivity index (χ2n) is 6.52. The van der Waals surface area contributed by atoms with Crippen LogP contribution >= 0.6 is 0 Å². The molecule has 1 amide bonds. The van der Waals surface area contributed by atoms with Gasteiger partial charge in [-0.05, 0) is 38.9 Å². The lowest BCUT2D eigenvalue weighted by molar-refractivity contribution is -0.0884. The molecule has 2 aliphatic heterocycles. The number of piperidine rings is 1. The molecule has 6 heteroatoms. The van der Waals surface area contributed by atoms with E-state index in [0.29, 0.717) is 12.1 Å². The van der Waals surface area contributed by atoms with E-state index in [-0.39, 0.29) is 11.5 Å². The molecule has 2 saturated heterocycles. The van der Waals surface area contributed by atoms with Gasteiger partial charge in [0.15, 0.2) is 0 Å². The highest BCUT2D eigenvalue weighted by molar-refractivity contribution is 5.94. The quantitative estimate of drug-likeness (QED) is 0.905. The molecule has 0 saturated carbocycles. The zero-order chi connectivity index (χ0) is 16.3. The smallest absolute Gasteiger partial charge is 0.251 e. The van der Waals surface area contributed by atoms with Crippen LogP contribution < -0.4 is 10.2 Å². The summed E-state index contributed by atoms with van der Waals surface area (Å²) in [5, 5.41) is 2.84. The van der Waals surface area contributed by atoms with Gasteiger partial charge in [0.05, 0.1) is 12.2 Å². The second kappa shape index (κ2) is 6.84. The molecule has 0 bridgehead atoms. The molecular formula is C17H26N4O2. The van der Waals surface area contributed by atoms with E-state index in [1.54, 1.807) is 12.3 Å². The Morgan fingerprint density at radius 1 is 1.39 bits per heavy atom. The van der Waals surface area contributed by atoms with Crippen molar-refractivity contribution >= 4 is 11.7 Å². The van der Waals surface area contributed by atoms with E-state index in [0.717, 1.165) is 51.4 Å². The van der Waals surface area contributed by atoms with Crippen LogP contribution in [0.1, 0.15) is 30.1 Å². The molecule has 2 aliphatic rings. The zero-order valence-corrected chi connectivity index (χ0v) is 14.0. The lowest BCUT2D eigenvalue weighted by Gasteiger charge is -2.47. The Balaban J connectivity index is 1.74. The molecule has 0 aromatic carbocycles. The van der Waals surface area contributed by atoms with Crippen molar-refractivity contribution < 1.29 is 9.53 Å². The van der Waals surface area contributed by atoms with Crippen LogP contribution in [0.5, 0.6) is 0 Å². The van der Waals surface area contributed by atoms with Crippen LogP contribution in [0.2, 0.25) is 0 Å². The van der Waals surface area contributed by atoms with Gasteiger partial charge in [0, 0.05) is 44.5 Å². The molecule has 1 N–H and O–H groups in total. The Kier molecular flexibility index (Phi) is 4.82. The Labute approximate surface area is 137 Å². The monoisotopic (exact) mass is 318 g/mol. The molecule has 0 unspecified atom stereocenters. The highest BCUT2D eigenvalue weighted by Crippen LogP contribution is 2.31. The Bertz CT molecular complexity index is 555. The Hall–Kier alpha value is -1.66. The van der Waals surface area contributed by atoms with E-state index >= 15 is 0 Å². The number of morpholine rings is 1. The number of carbonyl (C=O) groups excluding carboxylic acids is 1. The minimum atomic E-state index is -0.0614. The predicted molar refractivity (Wildman–Crippen MR) is 89.9 cm³/mol. The molecule has 23 heavy (non-hydrogen) atoms. The molecule has 3 heterocycles. The minimum absolute atomic E-state index is 0.0431. The molecule has 3 rings (SSSR count). The summed E-state index contributed by atoms with van der Waals surface area (Å²) < 4.78 is 6.15. The molecule has 1 aromatic heterocycles. The van der Waals surface area contributed by atoms with Crippen molar-refractivity contribution in [2.75, 3.05) is 51.3 Å². The van der Waals surface area contributed by atoms with Crippen LogP contribution in [-0.4, -0.2) is 67.8 Å². The second-order valence-corrected chi connectivity index (χ2v) is 6.52. The molecule has 1 spiro atoms. The third-order valence-corrected chi connectivity index (χ3v) is 4.82. The summed E-state index contributed by atoms with van der Waals surface area (Å²) in [4.78, 5) is 21.1. The van der Waals surface area contributed by atoms with Gasteiger partial charge in [-0.3, -0.25) is 4.79 Å². The van der Waals surface area contributed by atoms with Crippen molar-refractivity contribution in [1.29, 1.82) is 0 Å². The van der Waals surface area contributed by atoms with Crippen LogP contribution in [-0.2, 0) is 4.74 Å². The predicted octanol–water partition coefficient (Wildman–Crippen LogP) is 1.13. The first-order valence-electron chi connectivity index (χ1n) is 8.44. The average molecular weight is 318 g/mol. The molecule has 0 atom stereocenters. The number of nitrogens with zero attached hydrogens (tertiary/aromatic N) is 3. The zero-order valence-electron chi connectivity index (χ0n) is 14.0. The standard InChI is InChI=1S/C17H26N4O2/c1-3-18-16(22)14-4-7-19-15(12-14)21-10-11-23-17(13-21)5-8-20(2)9-6-17/h4,7,12H,3,5-6,8-11,13H2,1-2H3,(H,18,22). The van der Waals surface area contributed by atoms with Crippen molar-refractivity contribution in [2.45, 2.75) is 25.4 Å². The van der Waals surface area contributed by atoms with Crippen molar-refractivity contribution in [3.8, 4) is 0 Å². The van der Waals surface area contributed by atoms with E-state index in [4.69, 9.17) is 4.74 Å². The number of hydrogen-bond donors (Lipinski definition) is 1. The maximum Gasteiger partial charge on any atom is 0.251 e. The van der Waals surface area contributed by atoms with E-state index in [9.17, 15) is 4.79 Å². The largest absolute Gasteiger partial charge is 0.371 e. The number of anilines is 1. The SMILES string of the molecule is CCNC(=O)c1ccnc(N2CCOC3(CCN(C)CC3)C2)c1. The first kappa shape index (κ1) is 16.2. The van der Waals surface area contributed by atoms with Gasteiger partial charge in [-0.25, -0.2) is 4.98 Å². The van der Waals surface area contributed by atoms with E-state index in [2.05, 4.69) is 27.1 Å². The van der Waals surface area contributed by atoms with Gasteiger partial charge in [-0.1, -0.05) is 0 Å². The summed E-state index contributed by atoms with van der Waals surface area (Å²) in [5.41, 5.74) is 0.606. The van der Waals surface area contributed by atoms with Gasteiger partial charge in [0.1, 0.15) is 5.82 Å². The lowest BCUT2D eigenvalue weighted by atomic mass is 9.89. The number of carbonyl (C=O) groups is 1. The first-order valence-corrected chi connectivity index (χ1v) is 8.44. The van der Waals surface area contributed by atoms with Crippen LogP contribution in [0.15, 0.2) is 18.3 Å². The van der Waals surface area contributed by atoms with E-state index < -0.39 is 0 Å². The Morgan fingerprint density at radius 2 is 2.17 bits per heavy atom. The molecule has 1 aromatic rings. The number of rotatable bonds is 3. The lowest BCUT2D eigenvalue weighted by Crippen LogP contribution is -2.56. The van der Waals surface area contributed by atoms with Crippen LogP contribution in [0, 0.1) is 0 Å². The third-order valence-electron chi connectivity index (χ3n) is 4.82. The molecule has 126 valence electrons. The minimum Gasteiger partial charge on any atom is -0.371 e. The normalized spacial score (nSPS) is 21.4. The van der Waals surface area contributed by atoms with E-state index in [1.807, 2.05) is 13.0 Å². The highest BCUT2D eigenvalue weighted by atomic mass is 16.5. The summed E-state index contributed by atoms with van der Waals surface area (Å²) >= 11 is 0.